The number of hydrogen-bond acceptors (Lipinski definition) is 5. The minimum atomic E-state index is -0.180. The van der Waals surface area contributed by atoms with Crippen molar-refractivity contribution in [3.8, 4) is 5.75 Å². The van der Waals surface area contributed by atoms with Gasteiger partial charge in [-0.25, -0.2) is 4.98 Å². The molecule has 1 atom stereocenters. The third kappa shape index (κ3) is 2.95. The quantitative estimate of drug-likeness (QED) is 0.796. The molecule has 0 aliphatic rings. The number of nitrogens with one attached hydrogen (secondary N) is 1. The Labute approximate surface area is 139 Å². The molecule has 0 spiro atoms. The Morgan fingerprint density at radius 2 is 1.96 bits per heavy atom. The molecule has 0 bridgehead atoms. The number of amides is 1. The lowest BCUT2D eigenvalue weighted by Crippen LogP contribution is -2.27. The normalized spacial score (nSPS) is 12.2. The van der Waals surface area contributed by atoms with Crippen molar-refractivity contribution in [3.63, 3.8) is 0 Å². The lowest BCUT2D eigenvalue weighted by Gasteiger charge is -2.15. The molecule has 1 unspecified atom stereocenters. The minimum absolute atomic E-state index is 0.146. The Hall–Kier alpha value is -2.89. The zero-order valence-corrected chi connectivity index (χ0v) is 14.1. The number of rotatable bonds is 4. The van der Waals surface area contributed by atoms with E-state index in [1.807, 2.05) is 38.1 Å². The fourth-order valence-corrected chi connectivity index (χ4v) is 2.65. The maximum Gasteiger partial charge on any atom is 0.258 e. The number of methoxy groups -OCH3 is 1. The van der Waals surface area contributed by atoms with Crippen molar-refractivity contribution >= 4 is 17.0 Å². The van der Waals surface area contributed by atoms with Crippen molar-refractivity contribution in [1.82, 2.24) is 15.5 Å². The highest BCUT2D eigenvalue weighted by atomic mass is 16.5. The van der Waals surface area contributed by atoms with Gasteiger partial charge in [-0.15, -0.1) is 0 Å². The Morgan fingerprint density at radius 3 is 2.62 bits per heavy atom. The van der Waals surface area contributed by atoms with Crippen LogP contribution in [-0.4, -0.2) is 23.2 Å². The van der Waals surface area contributed by atoms with Gasteiger partial charge in [0, 0.05) is 5.69 Å². The van der Waals surface area contributed by atoms with E-state index in [1.165, 1.54) is 0 Å². The van der Waals surface area contributed by atoms with E-state index in [1.54, 1.807) is 20.1 Å². The van der Waals surface area contributed by atoms with Crippen molar-refractivity contribution in [1.29, 1.82) is 0 Å². The van der Waals surface area contributed by atoms with Gasteiger partial charge in [0.25, 0.3) is 11.6 Å². The topological polar surface area (TPSA) is 77.2 Å². The first-order valence-electron chi connectivity index (χ1n) is 7.68. The van der Waals surface area contributed by atoms with Crippen LogP contribution in [0.5, 0.6) is 5.75 Å². The molecule has 1 N–H and O–H groups in total. The van der Waals surface area contributed by atoms with E-state index in [4.69, 9.17) is 9.26 Å². The smallest absolute Gasteiger partial charge is 0.258 e. The number of nitrogens with zero attached hydrogens (tertiary/aromatic N) is 2. The predicted molar refractivity (Wildman–Crippen MR) is 90.2 cm³/mol. The Kier molecular flexibility index (Phi) is 4.20. The van der Waals surface area contributed by atoms with Crippen LogP contribution in [0.15, 0.2) is 34.9 Å². The predicted octanol–water partition coefficient (Wildman–Crippen LogP) is 3.34. The Bertz CT molecular complexity index is 884. The van der Waals surface area contributed by atoms with Gasteiger partial charge in [0.15, 0.2) is 0 Å². The summed E-state index contributed by atoms with van der Waals surface area (Å²) >= 11 is 0. The van der Waals surface area contributed by atoms with Gasteiger partial charge in [0.05, 0.1) is 29.8 Å². The zero-order valence-electron chi connectivity index (χ0n) is 14.1. The summed E-state index contributed by atoms with van der Waals surface area (Å²) in [6, 6.07) is 9.22. The average Bonchev–Trinajstić information content (AvgIpc) is 2.95. The second-order valence-corrected chi connectivity index (χ2v) is 5.73. The van der Waals surface area contributed by atoms with Gasteiger partial charge in [-0.05, 0) is 44.5 Å². The van der Waals surface area contributed by atoms with Crippen LogP contribution in [0.3, 0.4) is 0 Å². The van der Waals surface area contributed by atoms with E-state index in [-0.39, 0.29) is 11.9 Å². The van der Waals surface area contributed by atoms with Gasteiger partial charge in [-0.2, -0.15) is 0 Å². The van der Waals surface area contributed by atoms with Crippen molar-refractivity contribution < 1.29 is 14.1 Å². The molecule has 0 aliphatic heterocycles. The van der Waals surface area contributed by atoms with Crippen molar-refractivity contribution in [2.75, 3.05) is 7.11 Å². The van der Waals surface area contributed by atoms with Crippen molar-refractivity contribution in [2.45, 2.75) is 26.8 Å². The number of hydrogen-bond donors (Lipinski definition) is 1. The first kappa shape index (κ1) is 16.0. The molecule has 0 saturated carbocycles. The summed E-state index contributed by atoms with van der Waals surface area (Å²) in [4.78, 5) is 17.0. The lowest BCUT2D eigenvalue weighted by atomic mass is 10.1. The van der Waals surface area contributed by atoms with Crippen LogP contribution < -0.4 is 10.1 Å². The minimum Gasteiger partial charge on any atom is -0.497 e. The molecule has 0 fully saturated rings. The SMILES string of the molecule is COc1ccc(C(C)NC(=O)c2cc(C)nc3onc(C)c23)cc1. The highest BCUT2D eigenvalue weighted by Crippen LogP contribution is 2.23. The Morgan fingerprint density at radius 1 is 1.25 bits per heavy atom. The van der Waals surface area contributed by atoms with E-state index in [9.17, 15) is 4.79 Å². The van der Waals surface area contributed by atoms with Crippen LogP contribution in [-0.2, 0) is 0 Å². The fourth-order valence-electron chi connectivity index (χ4n) is 2.65. The monoisotopic (exact) mass is 325 g/mol. The Balaban J connectivity index is 1.87. The largest absolute Gasteiger partial charge is 0.497 e. The standard InChI is InChI=1S/C18H19N3O3/c1-10-9-15(16-12(3)21-24-18(16)19-10)17(22)20-11(2)13-5-7-14(23-4)8-6-13/h5-9,11H,1-4H3,(H,20,22). The van der Waals surface area contributed by atoms with Crippen molar-refractivity contribution in [3.05, 3.63) is 52.8 Å². The zero-order chi connectivity index (χ0) is 17.3. The first-order valence-corrected chi connectivity index (χ1v) is 7.68. The number of aromatic nitrogens is 2. The summed E-state index contributed by atoms with van der Waals surface area (Å²) in [7, 11) is 1.62. The van der Waals surface area contributed by atoms with Crippen LogP contribution in [0, 0.1) is 13.8 Å². The maximum absolute atomic E-state index is 12.7. The van der Waals surface area contributed by atoms with Gasteiger partial charge in [0.1, 0.15) is 5.75 Å². The molecule has 0 aliphatic carbocycles. The van der Waals surface area contributed by atoms with Crippen LogP contribution in [0.25, 0.3) is 11.1 Å². The summed E-state index contributed by atoms with van der Waals surface area (Å²) in [6.07, 6.45) is 0. The molecule has 1 amide bonds. The number of carbonyl (C=O) groups excluding carboxylic acids is 1. The number of fused-ring (bicyclic) bond motifs is 1. The summed E-state index contributed by atoms with van der Waals surface area (Å²) in [5.74, 6) is 0.601. The number of benzene rings is 1. The summed E-state index contributed by atoms with van der Waals surface area (Å²) in [6.45, 7) is 5.55. The van der Waals surface area contributed by atoms with E-state index < -0.39 is 0 Å². The number of aryl methyl sites for hydroxylation is 2. The molecule has 24 heavy (non-hydrogen) atoms. The first-order chi connectivity index (χ1) is 11.5. The number of pyridine rings is 1. The van der Waals surface area contributed by atoms with Crippen LogP contribution in [0.2, 0.25) is 0 Å². The van der Waals surface area contributed by atoms with Gasteiger partial charge in [-0.3, -0.25) is 4.79 Å². The molecule has 124 valence electrons. The molecule has 0 saturated heterocycles. The number of carbonyl (C=O) groups is 1. The van der Waals surface area contributed by atoms with E-state index in [2.05, 4.69) is 15.5 Å². The van der Waals surface area contributed by atoms with Gasteiger partial charge in [-0.1, -0.05) is 17.3 Å². The van der Waals surface area contributed by atoms with E-state index in [0.717, 1.165) is 11.3 Å². The summed E-state index contributed by atoms with van der Waals surface area (Å²) < 4.78 is 10.3. The third-order valence-electron chi connectivity index (χ3n) is 3.95. The van der Waals surface area contributed by atoms with Crippen LogP contribution in [0.4, 0.5) is 0 Å². The molecule has 1 aromatic carbocycles. The van der Waals surface area contributed by atoms with Gasteiger partial charge >= 0.3 is 0 Å². The molecule has 2 heterocycles. The molecule has 3 aromatic rings. The van der Waals surface area contributed by atoms with E-state index in [0.29, 0.717) is 28.1 Å². The second-order valence-electron chi connectivity index (χ2n) is 5.73. The van der Waals surface area contributed by atoms with Crippen LogP contribution in [0.1, 0.15) is 40.3 Å². The molecule has 0 radical (unpaired) electrons. The molecule has 6 nitrogen and oxygen atoms in total. The third-order valence-corrected chi connectivity index (χ3v) is 3.95. The van der Waals surface area contributed by atoms with Crippen molar-refractivity contribution in [2.24, 2.45) is 0 Å². The fraction of sp³-hybridized carbons (Fsp3) is 0.278. The molecule has 2 aromatic heterocycles. The van der Waals surface area contributed by atoms with Gasteiger partial charge < -0.3 is 14.6 Å². The molecule has 6 heteroatoms. The number of ether oxygens (including phenoxy) is 1. The van der Waals surface area contributed by atoms with Gasteiger partial charge in [0.2, 0.25) is 0 Å². The van der Waals surface area contributed by atoms with Crippen LogP contribution >= 0.6 is 0 Å². The lowest BCUT2D eigenvalue weighted by molar-refractivity contribution is 0.0941. The molecule has 3 rings (SSSR count). The average molecular weight is 325 g/mol. The molecular formula is C18H19N3O3. The second kappa shape index (κ2) is 6.31. The maximum atomic E-state index is 12.7. The summed E-state index contributed by atoms with van der Waals surface area (Å²) in [5.41, 5.74) is 3.26. The highest BCUT2D eigenvalue weighted by Gasteiger charge is 2.19. The van der Waals surface area contributed by atoms with E-state index >= 15 is 0 Å². The molecular weight excluding hydrogens is 306 g/mol. The summed E-state index contributed by atoms with van der Waals surface area (Å²) in [5, 5.41) is 7.57. The highest BCUT2D eigenvalue weighted by molar-refractivity contribution is 6.06.